The van der Waals surface area contributed by atoms with E-state index in [1.54, 1.807) is 0 Å². The second-order valence-electron chi connectivity index (χ2n) is 11.7. The van der Waals surface area contributed by atoms with E-state index < -0.39 is 0 Å². The first-order valence-corrected chi connectivity index (χ1v) is 13.1. The van der Waals surface area contributed by atoms with Gasteiger partial charge in [-0.1, -0.05) is 50.1 Å². The molecule has 32 heavy (non-hydrogen) atoms. The van der Waals surface area contributed by atoms with Crippen LogP contribution >= 0.6 is 0 Å². The molecule has 168 valence electrons. The van der Waals surface area contributed by atoms with Gasteiger partial charge < -0.3 is 0 Å². The number of aromatic nitrogens is 1. The smallest absolute Gasteiger partial charge is 0.139 e. The zero-order valence-electron chi connectivity index (χ0n) is 19.6. The molecule has 1 aromatic heterocycles. The fourth-order valence-electron chi connectivity index (χ4n) is 8.92. The molecule has 0 saturated heterocycles. The molecule has 6 rings (SSSR count). The molecule has 1 heterocycles. The van der Waals surface area contributed by atoms with Crippen molar-refractivity contribution in [3.05, 3.63) is 54.4 Å². The van der Waals surface area contributed by atoms with Crippen molar-refractivity contribution in [1.82, 2.24) is 4.98 Å². The average Bonchev–Trinajstić information content (AvgIpc) is 3.14. The lowest BCUT2D eigenvalue weighted by Crippen LogP contribution is -2.54. The van der Waals surface area contributed by atoms with Gasteiger partial charge in [0.05, 0.1) is 0 Å². The van der Waals surface area contributed by atoms with E-state index in [0.29, 0.717) is 17.1 Å². The first kappa shape index (κ1) is 20.6. The van der Waals surface area contributed by atoms with E-state index in [-0.39, 0.29) is 5.41 Å². The van der Waals surface area contributed by atoms with Gasteiger partial charge in [0.25, 0.3) is 0 Å². The van der Waals surface area contributed by atoms with Crippen molar-refractivity contribution in [1.29, 1.82) is 0 Å². The van der Waals surface area contributed by atoms with Gasteiger partial charge in [-0.25, -0.2) is 0 Å². The Morgan fingerprint density at radius 2 is 1.78 bits per heavy atom. The second kappa shape index (κ2) is 7.82. The van der Waals surface area contributed by atoms with Gasteiger partial charge in [-0.05, 0) is 103 Å². The number of carbonyl (C=O) groups is 1. The summed E-state index contributed by atoms with van der Waals surface area (Å²) >= 11 is 0. The highest BCUT2D eigenvalue weighted by atomic mass is 16.1. The minimum absolute atomic E-state index is 0.00473. The average molecular weight is 428 g/mol. The van der Waals surface area contributed by atoms with Crippen LogP contribution in [0, 0.1) is 34.5 Å². The Morgan fingerprint density at radius 3 is 2.59 bits per heavy atom. The zero-order valence-corrected chi connectivity index (χ0v) is 19.6. The maximum absolute atomic E-state index is 12.8. The van der Waals surface area contributed by atoms with Gasteiger partial charge in [0.1, 0.15) is 5.78 Å². The number of hydrogen-bond acceptors (Lipinski definition) is 2. The molecular weight excluding hydrogens is 390 g/mol. The van der Waals surface area contributed by atoms with Crippen LogP contribution in [-0.2, 0) is 11.2 Å². The Labute approximate surface area is 193 Å². The van der Waals surface area contributed by atoms with Crippen LogP contribution in [0.4, 0.5) is 0 Å². The van der Waals surface area contributed by atoms with Crippen molar-refractivity contribution in [2.24, 2.45) is 34.5 Å². The predicted octanol–water partition coefficient (Wildman–Crippen LogP) is 7.27. The van der Waals surface area contributed by atoms with Crippen molar-refractivity contribution in [3.8, 4) is 11.1 Å². The third-order valence-electron chi connectivity index (χ3n) is 10.5. The van der Waals surface area contributed by atoms with E-state index in [1.807, 2.05) is 18.5 Å². The van der Waals surface area contributed by atoms with E-state index in [4.69, 9.17) is 0 Å². The summed E-state index contributed by atoms with van der Waals surface area (Å²) in [7, 11) is 0. The topological polar surface area (TPSA) is 30.0 Å². The molecule has 0 bridgehead atoms. The largest absolute Gasteiger partial charge is 0.299 e. The standard InChI is InChI=1S/C30H37NO/c1-29-17-15-27-25(26(29)13-14-28(29)32)12-11-24-6-2-3-16-30(24,27)19-21-7-9-22(10-8-21)23-5-4-18-31-20-23/h4-5,7-10,18,20,24-27H,2-3,6,11-17,19H2,1H3/t24?,25-,26-,27+,29-,30+/m0/s1. The van der Waals surface area contributed by atoms with Crippen molar-refractivity contribution in [2.75, 3.05) is 0 Å². The quantitative estimate of drug-likeness (QED) is 0.515. The number of pyridine rings is 1. The molecule has 0 radical (unpaired) electrons. The van der Waals surface area contributed by atoms with Gasteiger partial charge in [0, 0.05) is 24.2 Å². The summed E-state index contributed by atoms with van der Waals surface area (Å²) in [5, 5.41) is 0. The maximum Gasteiger partial charge on any atom is 0.139 e. The van der Waals surface area contributed by atoms with E-state index in [1.165, 1.54) is 68.1 Å². The summed E-state index contributed by atoms with van der Waals surface area (Å²) in [6.45, 7) is 2.32. The molecule has 2 nitrogen and oxygen atoms in total. The van der Waals surface area contributed by atoms with Gasteiger partial charge in [-0.2, -0.15) is 0 Å². The summed E-state index contributed by atoms with van der Waals surface area (Å²) in [6.07, 6.45) is 17.9. The highest BCUT2D eigenvalue weighted by Gasteiger charge is 2.60. The molecule has 4 aliphatic carbocycles. The molecule has 6 atom stereocenters. The summed E-state index contributed by atoms with van der Waals surface area (Å²) in [6, 6.07) is 13.5. The minimum atomic E-state index is -0.00473. The van der Waals surface area contributed by atoms with Crippen molar-refractivity contribution in [2.45, 2.75) is 77.6 Å². The van der Waals surface area contributed by atoms with E-state index in [2.05, 4.69) is 42.2 Å². The SMILES string of the molecule is C[C@]12CC[C@@H]3[C@@H](CCC4CCCC[C@@]43Cc3ccc(-c4cccnc4)cc3)[C@@H]1CCC2=O. The second-order valence-corrected chi connectivity index (χ2v) is 11.7. The van der Waals surface area contributed by atoms with Crippen LogP contribution in [0.15, 0.2) is 48.8 Å². The van der Waals surface area contributed by atoms with Gasteiger partial charge in [0.2, 0.25) is 0 Å². The summed E-state index contributed by atoms with van der Waals surface area (Å²) in [4.78, 5) is 17.1. The van der Waals surface area contributed by atoms with Crippen LogP contribution in [0.1, 0.15) is 76.7 Å². The number of benzene rings is 1. The summed E-state index contributed by atoms with van der Waals surface area (Å²) in [5.41, 5.74) is 4.43. The molecule has 0 spiro atoms. The molecule has 4 fully saturated rings. The van der Waals surface area contributed by atoms with E-state index in [9.17, 15) is 4.79 Å². The molecule has 1 unspecified atom stereocenters. The molecular formula is C30H37NO. The highest BCUT2D eigenvalue weighted by Crippen LogP contribution is 2.66. The number of nitrogens with zero attached hydrogens (tertiary/aromatic N) is 1. The lowest BCUT2D eigenvalue weighted by molar-refractivity contribution is -0.140. The Bertz CT molecular complexity index is 982. The van der Waals surface area contributed by atoms with E-state index in [0.717, 1.165) is 37.0 Å². The van der Waals surface area contributed by atoms with Crippen LogP contribution < -0.4 is 0 Å². The van der Waals surface area contributed by atoms with Crippen molar-refractivity contribution >= 4 is 5.78 Å². The number of ketones is 1. The van der Waals surface area contributed by atoms with Crippen LogP contribution in [-0.4, -0.2) is 10.8 Å². The number of carbonyl (C=O) groups excluding carboxylic acids is 1. The van der Waals surface area contributed by atoms with Crippen LogP contribution in [0.5, 0.6) is 0 Å². The Morgan fingerprint density at radius 1 is 0.906 bits per heavy atom. The van der Waals surface area contributed by atoms with Gasteiger partial charge in [0.15, 0.2) is 0 Å². The molecule has 1 aromatic carbocycles. The molecule has 4 saturated carbocycles. The van der Waals surface area contributed by atoms with Gasteiger partial charge >= 0.3 is 0 Å². The Hall–Kier alpha value is -1.96. The number of hydrogen-bond donors (Lipinski definition) is 0. The van der Waals surface area contributed by atoms with Crippen molar-refractivity contribution in [3.63, 3.8) is 0 Å². The molecule has 0 aliphatic heterocycles. The fourth-order valence-corrected chi connectivity index (χ4v) is 8.92. The first-order valence-electron chi connectivity index (χ1n) is 13.1. The third-order valence-corrected chi connectivity index (χ3v) is 10.5. The summed E-state index contributed by atoms with van der Waals surface area (Å²) < 4.78 is 0. The molecule has 4 aliphatic rings. The summed E-state index contributed by atoms with van der Waals surface area (Å²) in [5.74, 6) is 3.72. The van der Waals surface area contributed by atoms with Crippen LogP contribution in [0.25, 0.3) is 11.1 Å². The Kier molecular flexibility index (Phi) is 5.04. The van der Waals surface area contributed by atoms with Gasteiger partial charge in [-0.15, -0.1) is 0 Å². The van der Waals surface area contributed by atoms with Gasteiger partial charge in [-0.3, -0.25) is 9.78 Å². The molecule has 2 heteroatoms. The fraction of sp³-hybridized carbons (Fsp3) is 0.600. The number of Topliss-reactive ketones (excluding diaryl/α,β-unsaturated/α-hetero) is 1. The van der Waals surface area contributed by atoms with Crippen LogP contribution in [0.3, 0.4) is 0 Å². The molecule has 2 aromatic rings. The van der Waals surface area contributed by atoms with Crippen molar-refractivity contribution < 1.29 is 4.79 Å². The molecule has 0 amide bonds. The molecule has 0 N–H and O–H groups in total. The normalized spacial score (nSPS) is 38.6. The monoisotopic (exact) mass is 427 g/mol. The highest BCUT2D eigenvalue weighted by molar-refractivity contribution is 5.87. The number of fused-ring (bicyclic) bond motifs is 5. The third kappa shape index (κ3) is 3.12. The first-order chi connectivity index (χ1) is 15.6. The zero-order chi connectivity index (χ0) is 21.8. The van der Waals surface area contributed by atoms with Crippen LogP contribution in [0.2, 0.25) is 0 Å². The Balaban J connectivity index is 1.31. The number of rotatable bonds is 3. The predicted molar refractivity (Wildman–Crippen MR) is 129 cm³/mol. The lowest BCUT2D eigenvalue weighted by atomic mass is 9.44. The maximum atomic E-state index is 12.8. The lowest BCUT2D eigenvalue weighted by Gasteiger charge is -2.61. The minimum Gasteiger partial charge on any atom is -0.299 e. The van der Waals surface area contributed by atoms with E-state index >= 15 is 0 Å².